The smallest absolute Gasteiger partial charge is 0.261 e. The number of fused-ring (bicyclic) bond motifs is 1. The van der Waals surface area contributed by atoms with Gasteiger partial charge in [-0.05, 0) is 73.7 Å². The molecule has 0 aliphatic heterocycles. The van der Waals surface area contributed by atoms with Crippen LogP contribution in [0.3, 0.4) is 0 Å². The summed E-state index contributed by atoms with van der Waals surface area (Å²) in [5.41, 5.74) is 2.51. The molecule has 0 fully saturated rings. The summed E-state index contributed by atoms with van der Waals surface area (Å²) in [7, 11) is -1.81. The summed E-state index contributed by atoms with van der Waals surface area (Å²) in [5, 5.41) is 3.87. The number of sulfonamides is 1. The van der Waals surface area contributed by atoms with Gasteiger partial charge in [-0.15, -0.1) is 0 Å². The lowest BCUT2D eigenvalue weighted by Gasteiger charge is -2.10. The van der Waals surface area contributed by atoms with Crippen LogP contribution in [0.2, 0.25) is 0 Å². The van der Waals surface area contributed by atoms with Crippen LogP contribution in [-0.2, 0) is 17.1 Å². The quantitative estimate of drug-likeness (QED) is 0.430. The number of rotatable bonds is 7. The zero-order valence-corrected chi connectivity index (χ0v) is 18.5. The molecule has 4 aromatic rings. The molecule has 0 radical (unpaired) electrons. The number of benzene rings is 3. The van der Waals surface area contributed by atoms with Crippen molar-refractivity contribution in [3.8, 4) is 5.75 Å². The minimum absolute atomic E-state index is 0.124. The van der Waals surface area contributed by atoms with Crippen molar-refractivity contribution in [3.05, 3.63) is 84.6 Å². The summed E-state index contributed by atoms with van der Waals surface area (Å²) in [6.07, 6.45) is 1.94. The molecule has 0 atom stereocenters. The van der Waals surface area contributed by atoms with Gasteiger partial charge >= 0.3 is 0 Å². The maximum atomic E-state index is 12.7. The fraction of sp³-hybridized carbons (Fsp3) is 0.125. The van der Waals surface area contributed by atoms with E-state index in [1.165, 1.54) is 12.1 Å². The molecule has 0 aliphatic carbocycles. The van der Waals surface area contributed by atoms with E-state index >= 15 is 0 Å². The molecule has 1 heterocycles. The molecule has 0 saturated carbocycles. The summed E-state index contributed by atoms with van der Waals surface area (Å²) >= 11 is 0. The Morgan fingerprint density at radius 3 is 2.38 bits per heavy atom. The van der Waals surface area contributed by atoms with Crippen molar-refractivity contribution in [1.82, 2.24) is 4.57 Å². The Morgan fingerprint density at radius 1 is 0.969 bits per heavy atom. The average Bonchev–Trinajstić information content (AvgIpc) is 3.16. The van der Waals surface area contributed by atoms with Gasteiger partial charge in [-0.25, -0.2) is 8.42 Å². The van der Waals surface area contributed by atoms with Gasteiger partial charge in [0.25, 0.3) is 15.9 Å². The molecule has 2 N–H and O–H groups in total. The van der Waals surface area contributed by atoms with E-state index in [0.29, 0.717) is 29.3 Å². The highest BCUT2D eigenvalue weighted by Gasteiger charge is 2.15. The third-order valence-corrected chi connectivity index (χ3v) is 6.42. The highest BCUT2D eigenvalue weighted by atomic mass is 32.2. The number of amides is 1. The fourth-order valence-corrected chi connectivity index (χ4v) is 4.45. The van der Waals surface area contributed by atoms with Crippen LogP contribution >= 0.6 is 0 Å². The van der Waals surface area contributed by atoms with Crippen molar-refractivity contribution >= 4 is 38.2 Å². The molecular weight excluding hydrogens is 426 g/mol. The van der Waals surface area contributed by atoms with E-state index in [1.807, 2.05) is 49.0 Å². The number of carbonyl (C=O) groups excluding carboxylic acids is 1. The Balaban J connectivity index is 1.47. The lowest BCUT2D eigenvalue weighted by atomic mass is 10.1. The van der Waals surface area contributed by atoms with Crippen molar-refractivity contribution in [1.29, 1.82) is 0 Å². The third kappa shape index (κ3) is 4.45. The van der Waals surface area contributed by atoms with Crippen molar-refractivity contribution in [3.63, 3.8) is 0 Å². The molecule has 0 aliphatic rings. The van der Waals surface area contributed by atoms with E-state index < -0.39 is 10.0 Å². The summed E-state index contributed by atoms with van der Waals surface area (Å²) in [6.45, 7) is 2.36. The van der Waals surface area contributed by atoms with Crippen LogP contribution in [-0.4, -0.2) is 25.5 Å². The second-order valence-electron chi connectivity index (χ2n) is 7.21. The highest BCUT2D eigenvalue weighted by Crippen LogP contribution is 2.25. The maximum absolute atomic E-state index is 12.7. The van der Waals surface area contributed by atoms with Crippen LogP contribution in [0.1, 0.15) is 17.3 Å². The number of aryl methyl sites for hydroxylation is 1. The molecule has 0 bridgehead atoms. The predicted molar refractivity (Wildman–Crippen MR) is 126 cm³/mol. The summed E-state index contributed by atoms with van der Waals surface area (Å²) in [5.74, 6) is 0.329. The van der Waals surface area contributed by atoms with Gasteiger partial charge in [-0.1, -0.05) is 6.07 Å². The zero-order valence-electron chi connectivity index (χ0n) is 17.7. The van der Waals surface area contributed by atoms with Gasteiger partial charge in [0.05, 0.1) is 17.2 Å². The number of nitrogens with zero attached hydrogens (tertiary/aromatic N) is 1. The number of ether oxygens (including phenoxy) is 1. The molecular formula is C24H23N3O4S. The third-order valence-electron chi connectivity index (χ3n) is 5.02. The van der Waals surface area contributed by atoms with Gasteiger partial charge in [0.15, 0.2) is 0 Å². The molecule has 0 unspecified atom stereocenters. The Morgan fingerprint density at radius 2 is 1.69 bits per heavy atom. The van der Waals surface area contributed by atoms with E-state index in [1.54, 1.807) is 36.4 Å². The van der Waals surface area contributed by atoms with Gasteiger partial charge in [0.2, 0.25) is 0 Å². The summed E-state index contributed by atoms with van der Waals surface area (Å²) in [6, 6.07) is 20.1. The van der Waals surface area contributed by atoms with Crippen molar-refractivity contribution in [2.45, 2.75) is 11.8 Å². The minimum atomic E-state index is -3.76. The zero-order chi connectivity index (χ0) is 22.7. The molecule has 1 amide bonds. The normalized spacial score (nSPS) is 11.3. The first kappa shape index (κ1) is 21.5. The number of hydrogen-bond acceptors (Lipinski definition) is 4. The van der Waals surface area contributed by atoms with E-state index in [-0.39, 0.29) is 10.8 Å². The van der Waals surface area contributed by atoms with E-state index in [9.17, 15) is 13.2 Å². The maximum Gasteiger partial charge on any atom is 0.261 e. The Hall–Kier alpha value is -3.78. The number of anilines is 2. The van der Waals surface area contributed by atoms with Gasteiger partial charge in [0.1, 0.15) is 5.75 Å². The largest absolute Gasteiger partial charge is 0.494 e. The minimum Gasteiger partial charge on any atom is -0.494 e. The first-order valence-corrected chi connectivity index (χ1v) is 11.6. The molecule has 4 rings (SSSR count). The van der Waals surface area contributed by atoms with Gasteiger partial charge in [-0.2, -0.15) is 0 Å². The lowest BCUT2D eigenvalue weighted by Crippen LogP contribution is -2.14. The van der Waals surface area contributed by atoms with Crippen LogP contribution in [0.15, 0.2) is 83.9 Å². The van der Waals surface area contributed by atoms with Crippen LogP contribution in [0, 0.1) is 0 Å². The number of nitrogens with one attached hydrogen (secondary N) is 2. The lowest BCUT2D eigenvalue weighted by molar-refractivity contribution is 0.102. The first-order valence-electron chi connectivity index (χ1n) is 10.1. The van der Waals surface area contributed by atoms with E-state index in [2.05, 4.69) is 10.0 Å². The monoisotopic (exact) mass is 449 g/mol. The van der Waals surface area contributed by atoms with Crippen LogP contribution in [0.25, 0.3) is 10.9 Å². The molecule has 7 nitrogen and oxygen atoms in total. The Bertz CT molecular complexity index is 1360. The second kappa shape index (κ2) is 8.76. The number of aromatic nitrogens is 1. The van der Waals surface area contributed by atoms with E-state index in [0.717, 1.165) is 10.9 Å². The van der Waals surface area contributed by atoms with Crippen LogP contribution < -0.4 is 14.8 Å². The van der Waals surface area contributed by atoms with Crippen LogP contribution in [0.4, 0.5) is 11.4 Å². The average molecular weight is 450 g/mol. The van der Waals surface area contributed by atoms with E-state index in [4.69, 9.17) is 4.74 Å². The van der Waals surface area contributed by atoms with Gasteiger partial charge < -0.3 is 14.6 Å². The first-order chi connectivity index (χ1) is 15.4. The Labute approximate surface area is 186 Å². The number of hydrogen-bond donors (Lipinski definition) is 2. The van der Waals surface area contributed by atoms with Crippen LogP contribution in [0.5, 0.6) is 5.75 Å². The SMILES string of the molecule is CCOc1ccc(S(=O)(=O)Nc2ccc(C(=O)Nc3cccc4c3ccn4C)cc2)cc1. The van der Waals surface area contributed by atoms with Crippen molar-refractivity contribution < 1.29 is 17.9 Å². The number of carbonyl (C=O) groups is 1. The standard InChI is InChI=1S/C24H23N3O4S/c1-3-31-19-11-13-20(14-12-19)32(29,30)26-18-9-7-17(8-10-18)24(28)25-22-5-4-6-23-21(22)15-16-27(23)2/h4-16,26H,3H2,1-2H3,(H,25,28). The molecule has 0 saturated heterocycles. The topological polar surface area (TPSA) is 89.4 Å². The van der Waals surface area contributed by atoms with Crippen molar-refractivity contribution in [2.24, 2.45) is 7.05 Å². The summed E-state index contributed by atoms with van der Waals surface area (Å²) < 4.78 is 35.1. The van der Waals surface area contributed by atoms with Crippen molar-refractivity contribution in [2.75, 3.05) is 16.6 Å². The van der Waals surface area contributed by atoms with Gasteiger partial charge in [-0.3, -0.25) is 9.52 Å². The molecule has 0 spiro atoms. The molecule has 164 valence electrons. The Kier molecular flexibility index (Phi) is 5.87. The molecule has 8 heteroatoms. The fourth-order valence-electron chi connectivity index (χ4n) is 3.39. The molecule has 1 aromatic heterocycles. The van der Waals surface area contributed by atoms with Gasteiger partial charge in [0, 0.05) is 35.4 Å². The second-order valence-corrected chi connectivity index (χ2v) is 8.89. The highest BCUT2D eigenvalue weighted by molar-refractivity contribution is 7.92. The predicted octanol–water partition coefficient (Wildman–Crippen LogP) is 4.63. The molecule has 3 aromatic carbocycles. The molecule has 32 heavy (non-hydrogen) atoms. The summed E-state index contributed by atoms with van der Waals surface area (Å²) in [4.78, 5) is 12.8.